The van der Waals surface area contributed by atoms with Gasteiger partial charge in [0, 0.05) is 34.7 Å². The highest BCUT2D eigenvalue weighted by Gasteiger charge is 2.38. The molecule has 1 aromatic carbocycles. The quantitative estimate of drug-likeness (QED) is 0.571. The van der Waals surface area contributed by atoms with Gasteiger partial charge in [0.05, 0.1) is 0 Å². The summed E-state index contributed by atoms with van der Waals surface area (Å²) >= 11 is 2.29. The SMILES string of the molecule is CCO[C@H]1OC(C(=O)NC2CC2)=C[C@@H](c2ccc(I)cc2)[C@@H]1CCCO. The first-order valence-electron chi connectivity index (χ1n) is 9.29. The number of benzene rings is 1. The van der Waals surface area contributed by atoms with Crippen LogP contribution in [0.25, 0.3) is 0 Å². The van der Waals surface area contributed by atoms with Crippen molar-refractivity contribution in [3.8, 4) is 0 Å². The Labute approximate surface area is 168 Å². The fourth-order valence-corrected chi connectivity index (χ4v) is 3.67. The highest BCUT2D eigenvalue weighted by atomic mass is 127. The zero-order chi connectivity index (χ0) is 18.5. The molecule has 1 saturated carbocycles. The summed E-state index contributed by atoms with van der Waals surface area (Å²) in [7, 11) is 0. The third-order valence-corrected chi connectivity index (χ3v) is 5.52. The maximum Gasteiger partial charge on any atom is 0.286 e. The summed E-state index contributed by atoms with van der Waals surface area (Å²) < 4.78 is 13.0. The smallest absolute Gasteiger partial charge is 0.286 e. The van der Waals surface area contributed by atoms with Gasteiger partial charge < -0.3 is 19.9 Å². The number of amides is 1. The molecule has 3 rings (SSSR count). The summed E-state index contributed by atoms with van der Waals surface area (Å²) in [5, 5.41) is 12.3. The molecule has 5 nitrogen and oxygen atoms in total. The van der Waals surface area contributed by atoms with Crippen LogP contribution in [0, 0.1) is 9.49 Å². The van der Waals surface area contributed by atoms with Crippen molar-refractivity contribution in [1.82, 2.24) is 5.32 Å². The maximum absolute atomic E-state index is 12.5. The Morgan fingerprint density at radius 3 is 2.69 bits per heavy atom. The minimum Gasteiger partial charge on any atom is -0.459 e. The van der Waals surface area contributed by atoms with Gasteiger partial charge in [-0.25, -0.2) is 0 Å². The molecule has 26 heavy (non-hydrogen) atoms. The van der Waals surface area contributed by atoms with Gasteiger partial charge in [0.2, 0.25) is 6.29 Å². The summed E-state index contributed by atoms with van der Waals surface area (Å²) in [4.78, 5) is 12.5. The molecule has 0 aromatic heterocycles. The average Bonchev–Trinajstić information content (AvgIpc) is 3.45. The van der Waals surface area contributed by atoms with Gasteiger partial charge in [-0.3, -0.25) is 4.79 Å². The lowest BCUT2D eigenvalue weighted by atomic mass is 9.80. The molecule has 2 N–H and O–H groups in total. The largest absolute Gasteiger partial charge is 0.459 e. The van der Waals surface area contributed by atoms with Crippen LogP contribution in [0.3, 0.4) is 0 Å². The molecular weight excluding hydrogens is 445 g/mol. The van der Waals surface area contributed by atoms with Crippen LogP contribution in [0.4, 0.5) is 0 Å². The van der Waals surface area contributed by atoms with Gasteiger partial charge in [0.15, 0.2) is 5.76 Å². The lowest BCUT2D eigenvalue weighted by molar-refractivity contribution is -0.166. The van der Waals surface area contributed by atoms with E-state index in [9.17, 15) is 9.90 Å². The standard InChI is InChI=1S/C20H26INO4/c1-2-25-20-16(4-3-11-23)17(13-5-7-14(21)8-6-13)12-18(26-20)19(24)22-15-9-10-15/h5-8,12,15-17,20,23H,2-4,9-11H2,1H3,(H,22,24)/t16-,17-,20-/m0/s1. The third kappa shape index (κ3) is 4.98. The number of rotatable bonds is 8. The number of carbonyl (C=O) groups excluding carboxylic acids is 1. The zero-order valence-corrected chi connectivity index (χ0v) is 17.1. The summed E-state index contributed by atoms with van der Waals surface area (Å²) in [5.74, 6) is 0.260. The van der Waals surface area contributed by atoms with Crippen LogP contribution >= 0.6 is 22.6 Å². The van der Waals surface area contributed by atoms with Crippen LogP contribution < -0.4 is 5.32 Å². The van der Waals surface area contributed by atoms with Crippen molar-refractivity contribution in [3.63, 3.8) is 0 Å². The molecule has 6 heteroatoms. The maximum atomic E-state index is 12.5. The van der Waals surface area contributed by atoms with E-state index in [-0.39, 0.29) is 30.4 Å². The Morgan fingerprint density at radius 1 is 1.35 bits per heavy atom. The molecule has 1 aromatic rings. The first kappa shape index (κ1) is 19.6. The van der Waals surface area contributed by atoms with E-state index in [1.54, 1.807) is 0 Å². The second kappa shape index (κ2) is 9.19. The number of nitrogens with one attached hydrogen (secondary N) is 1. The molecule has 2 aliphatic rings. The van der Waals surface area contributed by atoms with Gasteiger partial charge in [0.1, 0.15) is 0 Å². The van der Waals surface area contributed by atoms with Crippen molar-refractivity contribution in [2.75, 3.05) is 13.2 Å². The van der Waals surface area contributed by atoms with Gasteiger partial charge in [-0.05, 0) is 79.0 Å². The van der Waals surface area contributed by atoms with Gasteiger partial charge in [-0.1, -0.05) is 12.1 Å². The number of hydrogen-bond donors (Lipinski definition) is 2. The summed E-state index contributed by atoms with van der Waals surface area (Å²) in [6.45, 7) is 2.57. The molecule has 1 amide bonds. The van der Waals surface area contributed by atoms with E-state index in [1.807, 2.05) is 13.0 Å². The summed E-state index contributed by atoms with van der Waals surface area (Å²) in [6, 6.07) is 8.62. The van der Waals surface area contributed by atoms with Gasteiger partial charge in [-0.15, -0.1) is 0 Å². The predicted molar refractivity (Wildman–Crippen MR) is 107 cm³/mol. The fourth-order valence-electron chi connectivity index (χ4n) is 3.31. The highest BCUT2D eigenvalue weighted by molar-refractivity contribution is 14.1. The van der Waals surface area contributed by atoms with E-state index < -0.39 is 6.29 Å². The lowest BCUT2D eigenvalue weighted by Gasteiger charge is -2.37. The predicted octanol–water partition coefficient (Wildman–Crippen LogP) is 3.32. The van der Waals surface area contributed by atoms with E-state index in [2.05, 4.69) is 52.2 Å². The van der Waals surface area contributed by atoms with E-state index >= 15 is 0 Å². The molecule has 1 aliphatic carbocycles. The van der Waals surface area contributed by atoms with E-state index in [1.165, 1.54) is 3.57 Å². The van der Waals surface area contributed by atoms with Gasteiger partial charge >= 0.3 is 0 Å². The third-order valence-electron chi connectivity index (χ3n) is 4.80. The molecule has 0 bridgehead atoms. The molecule has 1 heterocycles. The van der Waals surface area contributed by atoms with Crippen molar-refractivity contribution < 1.29 is 19.4 Å². The van der Waals surface area contributed by atoms with Crippen molar-refractivity contribution in [2.24, 2.45) is 5.92 Å². The molecule has 1 fully saturated rings. The van der Waals surface area contributed by atoms with E-state index in [4.69, 9.17) is 9.47 Å². The minimum atomic E-state index is -0.485. The Morgan fingerprint density at radius 2 is 2.08 bits per heavy atom. The Bertz CT molecular complexity index is 642. The number of hydrogen-bond acceptors (Lipinski definition) is 4. The zero-order valence-electron chi connectivity index (χ0n) is 15.0. The minimum absolute atomic E-state index is 0.0174. The van der Waals surface area contributed by atoms with Gasteiger partial charge in [0.25, 0.3) is 5.91 Å². The molecule has 0 radical (unpaired) electrons. The first-order valence-corrected chi connectivity index (χ1v) is 10.4. The molecule has 142 valence electrons. The fraction of sp³-hybridized carbons (Fsp3) is 0.550. The lowest BCUT2D eigenvalue weighted by Crippen LogP contribution is -2.39. The first-order chi connectivity index (χ1) is 12.6. The Hall–Kier alpha value is -1.12. The second-order valence-electron chi connectivity index (χ2n) is 6.83. The number of halogens is 1. The van der Waals surface area contributed by atoms with Crippen molar-refractivity contribution in [3.05, 3.63) is 45.2 Å². The van der Waals surface area contributed by atoms with Crippen LogP contribution in [0.2, 0.25) is 0 Å². The van der Waals surface area contributed by atoms with Crippen LogP contribution in [-0.2, 0) is 14.3 Å². The molecular formula is C20H26INO4. The molecule has 3 atom stereocenters. The topological polar surface area (TPSA) is 67.8 Å². The number of carbonyl (C=O) groups is 1. The van der Waals surface area contributed by atoms with Crippen LogP contribution in [0.15, 0.2) is 36.1 Å². The van der Waals surface area contributed by atoms with Gasteiger partial charge in [-0.2, -0.15) is 0 Å². The van der Waals surface area contributed by atoms with Crippen LogP contribution in [-0.4, -0.2) is 36.6 Å². The Balaban J connectivity index is 1.90. The number of aliphatic hydroxyl groups is 1. The van der Waals surface area contributed by atoms with Crippen LogP contribution in [0.1, 0.15) is 44.1 Å². The highest BCUT2D eigenvalue weighted by Crippen LogP contribution is 2.39. The summed E-state index contributed by atoms with van der Waals surface area (Å²) in [6.07, 6.45) is 4.96. The monoisotopic (exact) mass is 471 g/mol. The average molecular weight is 471 g/mol. The van der Waals surface area contributed by atoms with E-state index in [0.29, 0.717) is 18.8 Å². The number of aliphatic hydroxyl groups excluding tert-OH is 1. The molecule has 1 aliphatic heterocycles. The normalized spacial score (nSPS) is 25.3. The van der Waals surface area contributed by atoms with Crippen molar-refractivity contribution in [2.45, 2.75) is 50.9 Å². The number of ether oxygens (including phenoxy) is 2. The van der Waals surface area contributed by atoms with E-state index in [0.717, 1.165) is 24.8 Å². The van der Waals surface area contributed by atoms with Crippen molar-refractivity contribution >= 4 is 28.5 Å². The molecule has 0 saturated heterocycles. The summed E-state index contributed by atoms with van der Waals surface area (Å²) in [5.41, 5.74) is 1.14. The number of allylic oxidation sites excluding steroid dienone is 1. The van der Waals surface area contributed by atoms with Crippen LogP contribution in [0.5, 0.6) is 0 Å². The molecule has 0 spiro atoms. The second-order valence-corrected chi connectivity index (χ2v) is 8.07. The Kier molecular flexibility index (Phi) is 6.94. The molecule has 0 unspecified atom stereocenters. The van der Waals surface area contributed by atoms with Crippen molar-refractivity contribution in [1.29, 1.82) is 0 Å².